The van der Waals surface area contributed by atoms with Crippen molar-refractivity contribution in [3.8, 4) is 11.3 Å². The number of benzene rings is 2. The molecule has 3 heterocycles. The Morgan fingerprint density at radius 3 is 2.74 bits per heavy atom. The van der Waals surface area contributed by atoms with E-state index in [0.29, 0.717) is 21.1 Å². The maximum Gasteiger partial charge on any atom is 0.282 e. The van der Waals surface area contributed by atoms with E-state index < -0.39 is 0 Å². The summed E-state index contributed by atoms with van der Waals surface area (Å²) in [5, 5.41) is 4.43. The molecule has 0 aliphatic rings. The van der Waals surface area contributed by atoms with Gasteiger partial charge in [-0.15, -0.1) is 0 Å². The van der Waals surface area contributed by atoms with Crippen molar-refractivity contribution in [2.45, 2.75) is 6.54 Å². The molecule has 0 aliphatic heterocycles. The Morgan fingerprint density at radius 2 is 1.94 bits per heavy atom. The molecule has 0 radical (unpaired) electrons. The standard InChI is InChI=1S/C23H15FN4O2S/c24-17-8-9-18-21(11-17)31-23(26-18)28(14-15-5-4-10-25-13-15)22(29)19-12-20(30-27-19)16-6-2-1-3-7-16/h1-13H,14H2. The lowest BCUT2D eigenvalue weighted by Gasteiger charge is -2.18. The van der Waals surface area contributed by atoms with Crippen LogP contribution in [0.4, 0.5) is 9.52 Å². The van der Waals surface area contributed by atoms with E-state index in [4.69, 9.17) is 4.52 Å². The molecule has 152 valence electrons. The van der Waals surface area contributed by atoms with E-state index in [9.17, 15) is 9.18 Å². The number of carbonyl (C=O) groups is 1. The van der Waals surface area contributed by atoms with Gasteiger partial charge < -0.3 is 4.52 Å². The summed E-state index contributed by atoms with van der Waals surface area (Å²) in [6, 6.07) is 19.1. The Hall–Kier alpha value is -3.91. The lowest BCUT2D eigenvalue weighted by Crippen LogP contribution is -2.30. The second-order valence-electron chi connectivity index (χ2n) is 6.80. The van der Waals surface area contributed by atoms with Crippen LogP contribution in [-0.2, 0) is 6.54 Å². The molecule has 8 heteroatoms. The van der Waals surface area contributed by atoms with Gasteiger partial charge in [0.2, 0.25) is 0 Å². The number of hydrogen-bond acceptors (Lipinski definition) is 6. The number of amides is 1. The lowest BCUT2D eigenvalue weighted by molar-refractivity contribution is 0.0976. The maximum atomic E-state index is 13.6. The van der Waals surface area contributed by atoms with Gasteiger partial charge in [-0.1, -0.05) is 52.9 Å². The van der Waals surface area contributed by atoms with Gasteiger partial charge in [0.1, 0.15) is 5.82 Å². The molecular weight excluding hydrogens is 415 g/mol. The van der Waals surface area contributed by atoms with Crippen molar-refractivity contribution in [3.63, 3.8) is 0 Å². The van der Waals surface area contributed by atoms with Gasteiger partial charge in [-0.3, -0.25) is 14.7 Å². The van der Waals surface area contributed by atoms with Gasteiger partial charge in [-0.2, -0.15) is 0 Å². The van der Waals surface area contributed by atoms with Gasteiger partial charge in [0.25, 0.3) is 5.91 Å². The van der Waals surface area contributed by atoms with Crippen LogP contribution in [0.5, 0.6) is 0 Å². The Labute approximate surface area is 180 Å². The smallest absolute Gasteiger partial charge is 0.282 e. The first kappa shape index (κ1) is 19.1. The number of thiazole rings is 1. The molecule has 0 saturated heterocycles. The topological polar surface area (TPSA) is 72.1 Å². The molecule has 5 rings (SSSR count). The number of carbonyl (C=O) groups excluding carboxylic acids is 1. The monoisotopic (exact) mass is 430 g/mol. The molecule has 0 unspecified atom stereocenters. The van der Waals surface area contributed by atoms with Crippen LogP contribution >= 0.6 is 11.3 Å². The first-order valence-electron chi connectivity index (χ1n) is 9.46. The summed E-state index contributed by atoms with van der Waals surface area (Å²) in [6.45, 7) is 0.239. The van der Waals surface area contributed by atoms with Crippen LogP contribution in [0.2, 0.25) is 0 Å². The van der Waals surface area contributed by atoms with Crippen LogP contribution in [-0.4, -0.2) is 21.0 Å². The number of anilines is 1. The highest BCUT2D eigenvalue weighted by atomic mass is 32.1. The van der Waals surface area contributed by atoms with Crippen molar-refractivity contribution >= 4 is 32.6 Å². The van der Waals surface area contributed by atoms with E-state index in [-0.39, 0.29) is 24.0 Å². The molecular formula is C23H15FN4O2S. The molecule has 0 fully saturated rings. The van der Waals surface area contributed by atoms with Crippen LogP contribution in [0.15, 0.2) is 83.6 Å². The van der Waals surface area contributed by atoms with Crippen molar-refractivity contribution in [1.82, 2.24) is 15.1 Å². The second kappa shape index (κ2) is 8.08. The fourth-order valence-corrected chi connectivity index (χ4v) is 4.14. The molecule has 6 nitrogen and oxygen atoms in total. The Balaban J connectivity index is 1.53. The average Bonchev–Trinajstić information content (AvgIpc) is 3.45. The highest BCUT2D eigenvalue weighted by Crippen LogP contribution is 2.31. The molecule has 2 aromatic carbocycles. The molecule has 1 amide bonds. The summed E-state index contributed by atoms with van der Waals surface area (Å²) in [4.78, 5) is 23.6. The van der Waals surface area contributed by atoms with E-state index in [1.165, 1.54) is 28.4 Å². The summed E-state index contributed by atoms with van der Waals surface area (Å²) in [5.74, 6) is -0.220. The van der Waals surface area contributed by atoms with Gasteiger partial charge >= 0.3 is 0 Å². The number of nitrogens with zero attached hydrogens (tertiary/aromatic N) is 4. The van der Waals surface area contributed by atoms with E-state index in [1.807, 2.05) is 36.4 Å². The Bertz CT molecular complexity index is 1350. The van der Waals surface area contributed by atoms with Crippen LogP contribution in [0.1, 0.15) is 16.1 Å². The molecule has 0 saturated carbocycles. The van der Waals surface area contributed by atoms with Gasteiger partial charge in [0.15, 0.2) is 16.6 Å². The second-order valence-corrected chi connectivity index (χ2v) is 7.81. The largest absolute Gasteiger partial charge is 0.355 e. The van der Waals surface area contributed by atoms with Gasteiger partial charge in [-0.05, 0) is 29.8 Å². The minimum absolute atomic E-state index is 0.160. The zero-order valence-corrected chi connectivity index (χ0v) is 16.9. The molecule has 3 aromatic heterocycles. The summed E-state index contributed by atoms with van der Waals surface area (Å²) in [6.07, 6.45) is 3.35. The highest BCUT2D eigenvalue weighted by Gasteiger charge is 2.25. The molecule has 0 aliphatic carbocycles. The van der Waals surface area contributed by atoms with Gasteiger partial charge in [0.05, 0.1) is 16.8 Å². The van der Waals surface area contributed by atoms with E-state index >= 15 is 0 Å². The zero-order chi connectivity index (χ0) is 21.2. The third-order valence-corrected chi connectivity index (χ3v) is 5.71. The van der Waals surface area contributed by atoms with E-state index in [1.54, 1.807) is 30.6 Å². The van der Waals surface area contributed by atoms with Gasteiger partial charge in [-0.25, -0.2) is 9.37 Å². The third kappa shape index (κ3) is 3.93. The van der Waals surface area contributed by atoms with E-state index in [0.717, 1.165) is 11.1 Å². The minimum atomic E-state index is -0.366. The predicted octanol–water partition coefficient (Wildman–Crippen LogP) is 5.33. The molecule has 5 aromatic rings. The minimum Gasteiger partial charge on any atom is -0.355 e. The fourth-order valence-electron chi connectivity index (χ4n) is 3.16. The number of fused-ring (bicyclic) bond motifs is 1. The SMILES string of the molecule is O=C(c1cc(-c2ccccc2)on1)N(Cc1cccnc1)c1nc2ccc(F)cc2s1. The summed E-state index contributed by atoms with van der Waals surface area (Å²) >= 11 is 1.24. The van der Waals surface area contributed by atoms with Crippen LogP contribution in [0.25, 0.3) is 21.5 Å². The first-order valence-corrected chi connectivity index (χ1v) is 10.3. The lowest BCUT2D eigenvalue weighted by atomic mass is 10.1. The molecule has 0 atom stereocenters. The van der Waals surface area contributed by atoms with Crippen molar-refractivity contribution in [2.24, 2.45) is 0 Å². The molecule has 31 heavy (non-hydrogen) atoms. The zero-order valence-electron chi connectivity index (χ0n) is 16.1. The quantitative estimate of drug-likeness (QED) is 0.377. The number of halogens is 1. The fraction of sp³-hybridized carbons (Fsp3) is 0.0435. The summed E-state index contributed by atoms with van der Waals surface area (Å²) < 4.78 is 19.7. The molecule has 0 spiro atoms. The van der Waals surface area contributed by atoms with Crippen molar-refractivity contribution in [2.75, 3.05) is 4.90 Å². The summed E-state index contributed by atoms with van der Waals surface area (Å²) in [7, 11) is 0. The molecule has 0 N–H and O–H groups in total. The number of aromatic nitrogens is 3. The average molecular weight is 430 g/mol. The van der Waals surface area contributed by atoms with Crippen molar-refractivity contribution < 1.29 is 13.7 Å². The highest BCUT2D eigenvalue weighted by molar-refractivity contribution is 7.22. The normalized spacial score (nSPS) is 11.0. The number of rotatable bonds is 5. The van der Waals surface area contributed by atoms with Crippen molar-refractivity contribution in [3.05, 3.63) is 96.2 Å². The van der Waals surface area contributed by atoms with Crippen molar-refractivity contribution in [1.29, 1.82) is 0 Å². The first-order chi connectivity index (χ1) is 15.2. The van der Waals surface area contributed by atoms with Crippen LogP contribution in [0, 0.1) is 5.82 Å². The van der Waals surface area contributed by atoms with Gasteiger partial charge in [0, 0.05) is 24.0 Å². The summed E-state index contributed by atoms with van der Waals surface area (Å²) in [5.41, 5.74) is 2.43. The maximum absolute atomic E-state index is 13.6. The molecule has 0 bridgehead atoms. The Kier molecular flexibility index (Phi) is 4.97. The Morgan fingerprint density at radius 1 is 1.06 bits per heavy atom. The van der Waals surface area contributed by atoms with Crippen LogP contribution < -0.4 is 4.90 Å². The number of hydrogen-bond donors (Lipinski definition) is 0. The van der Waals surface area contributed by atoms with E-state index in [2.05, 4.69) is 15.1 Å². The number of pyridine rings is 1. The van der Waals surface area contributed by atoms with Crippen LogP contribution in [0.3, 0.4) is 0 Å². The predicted molar refractivity (Wildman–Crippen MR) is 116 cm³/mol. The third-order valence-electron chi connectivity index (χ3n) is 4.67.